The van der Waals surface area contributed by atoms with E-state index in [1.807, 2.05) is 27.7 Å². The molecule has 0 saturated carbocycles. The Balaban J connectivity index is 0.000000855. The predicted molar refractivity (Wildman–Crippen MR) is 136 cm³/mol. The van der Waals surface area contributed by atoms with Crippen molar-refractivity contribution < 1.29 is 0 Å². The Hall–Kier alpha value is -1.12. The smallest absolute Gasteiger partial charge is 0.0394 e. The van der Waals surface area contributed by atoms with Gasteiger partial charge in [-0.1, -0.05) is 82.3 Å². The molecule has 0 N–H and O–H groups in total. The molecule has 1 atom stereocenters. The van der Waals surface area contributed by atoms with Crippen molar-refractivity contribution in [3.05, 3.63) is 65.2 Å². The van der Waals surface area contributed by atoms with E-state index < -0.39 is 18.1 Å². The zero-order valence-electron chi connectivity index (χ0n) is 19.1. The van der Waals surface area contributed by atoms with Gasteiger partial charge in [0.25, 0.3) is 0 Å². The summed E-state index contributed by atoms with van der Waals surface area (Å²) in [5.74, 6) is 0. The molecule has 1 unspecified atom stereocenters. The SMILES string of the molecule is CC.CC.Cc1ccccc1-c1cccc2c1C=CC2S(C)(C)S(C)(C)C. The fourth-order valence-electron chi connectivity index (χ4n) is 3.22. The van der Waals surface area contributed by atoms with Gasteiger partial charge >= 0.3 is 0 Å². The van der Waals surface area contributed by atoms with Crippen LogP contribution in [0.15, 0.2) is 48.5 Å². The molecule has 2 heteroatoms. The summed E-state index contributed by atoms with van der Waals surface area (Å²) in [6, 6.07) is 15.6. The van der Waals surface area contributed by atoms with Gasteiger partial charge in [0.2, 0.25) is 0 Å². The second-order valence-electron chi connectivity index (χ2n) is 7.44. The molecular formula is C25H40S2. The first-order valence-electron chi connectivity index (χ1n) is 10.0. The molecule has 0 saturated heterocycles. The maximum Gasteiger partial charge on any atom is 0.0394 e. The molecule has 0 aromatic heterocycles. The molecule has 0 heterocycles. The van der Waals surface area contributed by atoms with Gasteiger partial charge in [0.1, 0.15) is 0 Å². The quantitative estimate of drug-likeness (QED) is 0.450. The van der Waals surface area contributed by atoms with Crippen LogP contribution in [0.3, 0.4) is 0 Å². The molecule has 0 nitrogen and oxygen atoms in total. The van der Waals surface area contributed by atoms with Crippen LogP contribution in [0.25, 0.3) is 17.2 Å². The van der Waals surface area contributed by atoms with Crippen LogP contribution in [0.1, 0.15) is 49.6 Å². The highest BCUT2D eigenvalue weighted by molar-refractivity contribution is 9.07. The van der Waals surface area contributed by atoms with Gasteiger partial charge in [0, 0.05) is 5.25 Å². The van der Waals surface area contributed by atoms with Crippen molar-refractivity contribution >= 4 is 24.2 Å². The molecule has 1 aliphatic carbocycles. The van der Waals surface area contributed by atoms with Crippen LogP contribution >= 0.6 is 18.1 Å². The van der Waals surface area contributed by atoms with E-state index >= 15 is 0 Å². The Labute approximate surface area is 171 Å². The molecular weight excluding hydrogens is 364 g/mol. The number of rotatable bonds is 3. The molecule has 0 aliphatic heterocycles. The van der Waals surface area contributed by atoms with Crippen LogP contribution < -0.4 is 0 Å². The molecule has 2 aromatic carbocycles. The monoisotopic (exact) mass is 404 g/mol. The Kier molecular flexibility index (Phi) is 8.76. The van der Waals surface area contributed by atoms with E-state index in [1.54, 1.807) is 0 Å². The number of benzene rings is 2. The standard InChI is InChI=1S/C21H28S2.2C2H6/c1-16-10-7-8-11-17(16)18-12-9-13-20-19(18)14-15-21(20)23(5,6)22(2,3)4;2*1-2/h7-15,21H,1-6H3;2*1-2H3. The molecule has 0 radical (unpaired) electrons. The molecule has 1 aliphatic rings. The fourth-order valence-corrected chi connectivity index (χ4v) is 7.49. The lowest BCUT2D eigenvalue weighted by molar-refractivity contribution is 1.25. The highest BCUT2D eigenvalue weighted by Gasteiger charge is 2.35. The highest BCUT2D eigenvalue weighted by atomic mass is 33.2. The Morgan fingerprint density at radius 2 is 1.26 bits per heavy atom. The summed E-state index contributed by atoms with van der Waals surface area (Å²) in [5.41, 5.74) is 7.08. The fraction of sp³-hybridized carbons (Fsp3) is 0.440. The van der Waals surface area contributed by atoms with Gasteiger partial charge in [-0.15, -0.1) is 0 Å². The third-order valence-corrected chi connectivity index (χ3v) is 17.8. The van der Waals surface area contributed by atoms with Gasteiger partial charge in [-0.25, -0.2) is 18.1 Å². The van der Waals surface area contributed by atoms with Gasteiger partial charge < -0.3 is 0 Å². The lowest BCUT2D eigenvalue weighted by Gasteiger charge is -2.52. The van der Waals surface area contributed by atoms with E-state index in [4.69, 9.17) is 0 Å². The number of hydrogen-bond donors (Lipinski definition) is 0. The van der Waals surface area contributed by atoms with E-state index in [1.165, 1.54) is 27.8 Å². The minimum atomic E-state index is -0.702. The average Bonchev–Trinajstić information content (AvgIpc) is 3.09. The lowest BCUT2D eigenvalue weighted by atomic mass is 9.94. The van der Waals surface area contributed by atoms with Gasteiger partial charge in [-0.2, -0.15) is 0 Å². The van der Waals surface area contributed by atoms with Crippen molar-refractivity contribution in [1.82, 2.24) is 0 Å². The molecule has 0 fully saturated rings. The van der Waals surface area contributed by atoms with Crippen LogP contribution in [0, 0.1) is 6.92 Å². The second kappa shape index (κ2) is 9.89. The molecule has 2 aromatic rings. The first-order chi connectivity index (χ1) is 12.7. The summed E-state index contributed by atoms with van der Waals surface area (Å²) in [6.45, 7) is 10.2. The molecule has 0 amide bonds. The molecule has 152 valence electrons. The summed E-state index contributed by atoms with van der Waals surface area (Å²) < 4.78 is 0. The Morgan fingerprint density at radius 1 is 0.704 bits per heavy atom. The third-order valence-electron chi connectivity index (χ3n) is 5.22. The number of hydrogen-bond acceptors (Lipinski definition) is 0. The third kappa shape index (κ3) is 4.84. The Bertz CT molecular complexity index is 764. The zero-order chi connectivity index (χ0) is 20.8. The van der Waals surface area contributed by atoms with Crippen molar-refractivity contribution in [2.24, 2.45) is 0 Å². The average molecular weight is 405 g/mol. The topological polar surface area (TPSA) is 0 Å². The van der Waals surface area contributed by atoms with Crippen molar-refractivity contribution in [2.75, 3.05) is 31.3 Å². The summed E-state index contributed by atoms with van der Waals surface area (Å²) in [7, 11) is -1.28. The van der Waals surface area contributed by atoms with E-state index in [9.17, 15) is 0 Å². The van der Waals surface area contributed by atoms with Crippen LogP contribution in [0.5, 0.6) is 0 Å². The summed E-state index contributed by atoms with van der Waals surface area (Å²) in [5, 5.41) is 0.594. The van der Waals surface area contributed by atoms with E-state index in [2.05, 4.69) is 92.8 Å². The van der Waals surface area contributed by atoms with Crippen LogP contribution in [-0.2, 0) is 0 Å². The lowest BCUT2D eigenvalue weighted by Crippen LogP contribution is -2.12. The highest BCUT2D eigenvalue weighted by Crippen LogP contribution is 2.79. The first-order valence-corrected chi connectivity index (χ1v) is 15.9. The summed E-state index contributed by atoms with van der Waals surface area (Å²) >= 11 is 0. The maximum atomic E-state index is 2.52. The second-order valence-corrected chi connectivity index (χ2v) is 19.6. The molecule has 27 heavy (non-hydrogen) atoms. The van der Waals surface area contributed by atoms with Gasteiger partial charge in [0.15, 0.2) is 0 Å². The van der Waals surface area contributed by atoms with E-state index in [0.717, 1.165) is 0 Å². The number of aryl methyl sites for hydroxylation is 1. The Morgan fingerprint density at radius 3 is 1.81 bits per heavy atom. The predicted octanol–water partition coefficient (Wildman–Crippen LogP) is 8.46. The minimum Gasteiger partial charge on any atom is -0.218 e. The first kappa shape index (κ1) is 23.9. The molecule has 0 bridgehead atoms. The van der Waals surface area contributed by atoms with E-state index in [0.29, 0.717) is 5.25 Å². The van der Waals surface area contributed by atoms with Crippen molar-refractivity contribution in [2.45, 2.75) is 39.9 Å². The van der Waals surface area contributed by atoms with Gasteiger partial charge in [-0.05, 0) is 66.0 Å². The van der Waals surface area contributed by atoms with Crippen LogP contribution in [0.2, 0.25) is 0 Å². The van der Waals surface area contributed by atoms with Gasteiger partial charge in [0.05, 0.1) is 0 Å². The van der Waals surface area contributed by atoms with Gasteiger partial charge in [-0.3, -0.25) is 0 Å². The summed E-state index contributed by atoms with van der Waals surface area (Å²) in [4.78, 5) is 0. The largest absolute Gasteiger partial charge is 0.218 e. The molecule has 3 rings (SSSR count). The van der Waals surface area contributed by atoms with Crippen molar-refractivity contribution in [1.29, 1.82) is 0 Å². The van der Waals surface area contributed by atoms with Crippen LogP contribution in [0.4, 0.5) is 0 Å². The normalized spacial score (nSPS) is 16.4. The number of fused-ring (bicyclic) bond motifs is 1. The minimum absolute atomic E-state index is 0.582. The zero-order valence-corrected chi connectivity index (χ0v) is 20.7. The van der Waals surface area contributed by atoms with Crippen molar-refractivity contribution in [3.63, 3.8) is 0 Å². The van der Waals surface area contributed by atoms with E-state index in [-0.39, 0.29) is 0 Å². The maximum absolute atomic E-state index is 2.52. The van der Waals surface area contributed by atoms with Crippen LogP contribution in [-0.4, -0.2) is 31.3 Å². The molecule has 0 spiro atoms. The summed E-state index contributed by atoms with van der Waals surface area (Å²) in [6.07, 6.45) is 17.3. The van der Waals surface area contributed by atoms with Crippen molar-refractivity contribution in [3.8, 4) is 11.1 Å².